The van der Waals surface area contributed by atoms with E-state index in [0.29, 0.717) is 6.54 Å². The molecule has 0 spiro atoms. The molecule has 0 atom stereocenters. The minimum absolute atomic E-state index is 0.706. The lowest BCUT2D eigenvalue weighted by Crippen LogP contribution is -2.35. The summed E-state index contributed by atoms with van der Waals surface area (Å²) in [6, 6.07) is 1.99. The molecule has 0 bridgehead atoms. The summed E-state index contributed by atoms with van der Waals surface area (Å²) in [7, 11) is 3.98. The Bertz CT molecular complexity index is 632. The van der Waals surface area contributed by atoms with Gasteiger partial charge < -0.3 is 14.4 Å². The van der Waals surface area contributed by atoms with Crippen molar-refractivity contribution in [1.82, 2.24) is 24.7 Å². The van der Waals surface area contributed by atoms with Crippen molar-refractivity contribution in [2.24, 2.45) is 0 Å². The van der Waals surface area contributed by atoms with Crippen molar-refractivity contribution >= 4 is 11.8 Å². The SMILES string of the molecule is Cc1cc(N(C)C)nc(N2CCn3c(C)nnc3C2)n1. The van der Waals surface area contributed by atoms with Crippen LogP contribution in [0.15, 0.2) is 6.07 Å². The quantitative estimate of drug-likeness (QED) is 0.805. The van der Waals surface area contributed by atoms with E-state index < -0.39 is 0 Å². The Morgan fingerprint density at radius 2 is 1.90 bits per heavy atom. The van der Waals surface area contributed by atoms with Crippen LogP contribution in [0, 0.1) is 13.8 Å². The van der Waals surface area contributed by atoms with Crippen molar-refractivity contribution in [2.45, 2.75) is 26.9 Å². The molecule has 1 aliphatic heterocycles. The van der Waals surface area contributed by atoms with E-state index in [4.69, 9.17) is 0 Å². The normalized spacial score (nSPS) is 14.3. The summed E-state index contributed by atoms with van der Waals surface area (Å²) < 4.78 is 2.15. The summed E-state index contributed by atoms with van der Waals surface area (Å²) in [5.41, 5.74) is 0.974. The predicted octanol–water partition coefficient (Wildman–Crippen LogP) is 0.771. The summed E-state index contributed by atoms with van der Waals surface area (Å²) in [5.74, 6) is 3.64. The van der Waals surface area contributed by atoms with Crippen molar-refractivity contribution in [2.75, 3.05) is 30.4 Å². The Balaban J connectivity index is 1.91. The second-order valence-electron chi connectivity index (χ2n) is 5.30. The molecule has 7 nitrogen and oxygen atoms in total. The zero-order valence-corrected chi connectivity index (χ0v) is 12.3. The Morgan fingerprint density at radius 3 is 2.65 bits per heavy atom. The number of nitrogens with zero attached hydrogens (tertiary/aromatic N) is 7. The minimum atomic E-state index is 0.706. The molecule has 2 aromatic rings. The fourth-order valence-electron chi connectivity index (χ4n) is 2.38. The largest absolute Gasteiger partial charge is 0.363 e. The highest BCUT2D eigenvalue weighted by molar-refractivity contribution is 5.45. The maximum absolute atomic E-state index is 4.62. The molecule has 0 amide bonds. The maximum atomic E-state index is 4.62. The lowest BCUT2D eigenvalue weighted by Gasteiger charge is -2.28. The van der Waals surface area contributed by atoms with Gasteiger partial charge in [0.05, 0.1) is 6.54 Å². The van der Waals surface area contributed by atoms with E-state index in [9.17, 15) is 0 Å². The molecular formula is C13H19N7. The van der Waals surface area contributed by atoms with E-state index in [2.05, 4.69) is 29.6 Å². The van der Waals surface area contributed by atoms with E-state index in [1.54, 1.807) is 0 Å². The van der Waals surface area contributed by atoms with Crippen LogP contribution in [0.25, 0.3) is 0 Å². The molecule has 0 aliphatic carbocycles. The van der Waals surface area contributed by atoms with Gasteiger partial charge in [-0.1, -0.05) is 0 Å². The van der Waals surface area contributed by atoms with Gasteiger partial charge in [-0.2, -0.15) is 4.98 Å². The molecule has 0 fully saturated rings. The lowest BCUT2D eigenvalue weighted by molar-refractivity contribution is 0.542. The summed E-state index contributed by atoms with van der Waals surface area (Å²) in [6.45, 7) is 6.44. The number of anilines is 2. The standard InChI is InChI=1S/C13H19N7/c1-9-7-11(18(3)4)15-13(14-9)19-5-6-20-10(2)16-17-12(20)8-19/h7H,5-6,8H2,1-4H3. The zero-order valence-electron chi connectivity index (χ0n) is 12.3. The van der Waals surface area contributed by atoms with Gasteiger partial charge in [0, 0.05) is 38.9 Å². The smallest absolute Gasteiger partial charge is 0.227 e. The van der Waals surface area contributed by atoms with Crippen LogP contribution in [0.5, 0.6) is 0 Å². The molecular weight excluding hydrogens is 254 g/mol. The van der Waals surface area contributed by atoms with E-state index >= 15 is 0 Å². The van der Waals surface area contributed by atoms with Gasteiger partial charge in [-0.15, -0.1) is 10.2 Å². The molecule has 7 heteroatoms. The molecule has 0 saturated carbocycles. The summed E-state index contributed by atoms with van der Waals surface area (Å²) >= 11 is 0. The third kappa shape index (κ3) is 2.19. The molecule has 1 aliphatic rings. The monoisotopic (exact) mass is 273 g/mol. The topological polar surface area (TPSA) is 63.0 Å². The average Bonchev–Trinajstić information content (AvgIpc) is 2.79. The molecule has 3 rings (SSSR count). The van der Waals surface area contributed by atoms with Gasteiger partial charge in [0.2, 0.25) is 5.95 Å². The highest BCUT2D eigenvalue weighted by atomic mass is 15.4. The third-order valence-corrected chi connectivity index (χ3v) is 3.51. The van der Waals surface area contributed by atoms with Crippen molar-refractivity contribution in [3.05, 3.63) is 23.4 Å². The first-order valence-corrected chi connectivity index (χ1v) is 6.71. The molecule has 0 aromatic carbocycles. The summed E-state index contributed by atoms with van der Waals surface area (Å²) in [4.78, 5) is 13.3. The third-order valence-electron chi connectivity index (χ3n) is 3.51. The molecule has 0 saturated heterocycles. The van der Waals surface area contributed by atoms with Crippen molar-refractivity contribution in [3.63, 3.8) is 0 Å². The number of hydrogen-bond donors (Lipinski definition) is 0. The van der Waals surface area contributed by atoms with Crippen LogP contribution in [0.2, 0.25) is 0 Å². The van der Waals surface area contributed by atoms with E-state index in [1.165, 1.54) is 0 Å². The summed E-state index contributed by atoms with van der Waals surface area (Å²) in [5, 5.41) is 8.34. The number of fused-ring (bicyclic) bond motifs is 1. The van der Waals surface area contributed by atoms with Crippen LogP contribution in [0.3, 0.4) is 0 Å². The molecule has 3 heterocycles. The fourth-order valence-corrected chi connectivity index (χ4v) is 2.38. The van der Waals surface area contributed by atoms with Gasteiger partial charge >= 0.3 is 0 Å². The first-order chi connectivity index (χ1) is 9.54. The van der Waals surface area contributed by atoms with Gasteiger partial charge in [0.25, 0.3) is 0 Å². The second kappa shape index (κ2) is 4.73. The first kappa shape index (κ1) is 12.8. The van der Waals surface area contributed by atoms with Crippen LogP contribution in [-0.4, -0.2) is 45.4 Å². The van der Waals surface area contributed by atoms with Crippen molar-refractivity contribution in [3.8, 4) is 0 Å². The van der Waals surface area contributed by atoms with E-state index in [1.807, 2.05) is 38.9 Å². The average molecular weight is 273 g/mol. The Kier molecular flexibility index (Phi) is 3.04. The molecule has 0 radical (unpaired) electrons. The van der Waals surface area contributed by atoms with Crippen molar-refractivity contribution in [1.29, 1.82) is 0 Å². The van der Waals surface area contributed by atoms with Crippen LogP contribution < -0.4 is 9.80 Å². The van der Waals surface area contributed by atoms with Crippen LogP contribution in [0.1, 0.15) is 17.3 Å². The number of hydrogen-bond acceptors (Lipinski definition) is 6. The molecule has 0 N–H and O–H groups in total. The molecule has 0 unspecified atom stereocenters. The van der Waals surface area contributed by atoms with Crippen molar-refractivity contribution < 1.29 is 0 Å². The summed E-state index contributed by atoms with van der Waals surface area (Å²) in [6.07, 6.45) is 0. The van der Waals surface area contributed by atoms with Gasteiger partial charge in [0.1, 0.15) is 11.6 Å². The van der Waals surface area contributed by atoms with Gasteiger partial charge in [-0.3, -0.25) is 0 Å². The Hall–Kier alpha value is -2.18. The number of aryl methyl sites for hydroxylation is 2. The molecule has 106 valence electrons. The lowest BCUT2D eigenvalue weighted by atomic mass is 10.3. The van der Waals surface area contributed by atoms with Gasteiger partial charge in [-0.25, -0.2) is 4.98 Å². The predicted molar refractivity (Wildman–Crippen MR) is 76.9 cm³/mol. The van der Waals surface area contributed by atoms with Crippen LogP contribution in [0.4, 0.5) is 11.8 Å². The molecule has 2 aromatic heterocycles. The number of rotatable bonds is 2. The maximum Gasteiger partial charge on any atom is 0.227 e. The van der Waals surface area contributed by atoms with Gasteiger partial charge in [-0.05, 0) is 13.8 Å². The molecule has 20 heavy (non-hydrogen) atoms. The van der Waals surface area contributed by atoms with Crippen LogP contribution in [-0.2, 0) is 13.1 Å². The van der Waals surface area contributed by atoms with E-state index in [-0.39, 0.29) is 0 Å². The van der Waals surface area contributed by atoms with E-state index in [0.717, 1.165) is 42.2 Å². The number of aromatic nitrogens is 5. The highest BCUT2D eigenvalue weighted by Gasteiger charge is 2.22. The highest BCUT2D eigenvalue weighted by Crippen LogP contribution is 2.20. The fraction of sp³-hybridized carbons (Fsp3) is 0.538. The first-order valence-electron chi connectivity index (χ1n) is 6.71. The minimum Gasteiger partial charge on any atom is -0.363 e. The Labute approximate surface area is 118 Å². The Morgan fingerprint density at radius 1 is 1.10 bits per heavy atom. The van der Waals surface area contributed by atoms with Gasteiger partial charge in [0.15, 0.2) is 5.82 Å². The zero-order chi connectivity index (χ0) is 14.3. The van der Waals surface area contributed by atoms with Crippen LogP contribution >= 0.6 is 0 Å². The second-order valence-corrected chi connectivity index (χ2v) is 5.30.